The lowest BCUT2D eigenvalue weighted by molar-refractivity contribution is 0.612. The smallest absolute Gasteiger partial charge is 0.0329 e. The van der Waals surface area contributed by atoms with Crippen molar-refractivity contribution in [3.63, 3.8) is 0 Å². The molecular formula is C30H24Br2. The molecule has 2 aliphatic carbocycles. The molecule has 158 valence electrons. The molecule has 4 aromatic carbocycles. The third-order valence-corrected chi connectivity index (χ3v) is 9.16. The Morgan fingerprint density at radius 2 is 1.03 bits per heavy atom. The van der Waals surface area contributed by atoms with Gasteiger partial charge in [0.25, 0.3) is 0 Å². The van der Waals surface area contributed by atoms with E-state index in [1.54, 1.807) is 0 Å². The standard InChI is InChI=1S/C30H24Br2/c1-17-13-27-25(15-19-7-3-5-9-23(19)29(27)31)21(17)11-12-22-18(2)14-28-26(22)16-20-8-4-6-10-24(20)30(28)32/h3-10,13-16,21-22H,11-12H2,1-2H3. The first kappa shape index (κ1) is 20.4. The van der Waals surface area contributed by atoms with E-state index >= 15 is 0 Å². The highest BCUT2D eigenvalue weighted by Crippen LogP contribution is 2.49. The van der Waals surface area contributed by atoms with E-state index in [0.717, 1.165) is 0 Å². The third kappa shape index (κ3) is 3.07. The number of allylic oxidation sites excluding steroid dienone is 2. The number of hydrogen-bond acceptors (Lipinski definition) is 0. The largest absolute Gasteiger partial charge is 0.0652 e. The third-order valence-electron chi connectivity index (χ3n) is 7.45. The van der Waals surface area contributed by atoms with Crippen molar-refractivity contribution in [1.29, 1.82) is 0 Å². The number of hydrogen-bond donors (Lipinski definition) is 0. The van der Waals surface area contributed by atoms with Gasteiger partial charge in [-0.2, -0.15) is 0 Å². The first-order valence-corrected chi connectivity index (χ1v) is 12.9. The van der Waals surface area contributed by atoms with Crippen molar-refractivity contribution in [2.75, 3.05) is 0 Å². The highest BCUT2D eigenvalue weighted by atomic mass is 79.9. The molecule has 2 aliphatic rings. The predicted octanol–water partition coefficient (Wildman–Crippen LogP) is 10.00. The van der Waals surface area contributed by atoms with E-state index in [1.165, 1.54) is 76.7 Å². The lowest BCUT2D eigenvalue weighted by atomic mass is 9.84. The summed E-state index contributed by atoms with van der Waals surface area (Å²) in [7, 11) is 0. The van der Waals surface area contributed by atoms with E-state index in [0.29, 0.717) is 11.8 Å². The highest BCUT2D eigenvalue weighted by molar-refractivity contribution is 9.11. The Balaban J connectivity index is 1.35. The van der Waals surface area contributed by atoms with Crippen molar-refractivity contribution in [1.82, 2.24) is 0 Å². The predicted molar refractivity (Wildman–Crippen MR) is 145 cm³/mol. The van der Waals surface area contributed by atoms with E-state index in [1.807, 2.05) is 0 Å². The average Bonchev–Trinajstić information content (AvgIpc) is 3.29. The van der Waals surface area contributed by atoms with E-state index in [4.69, 9.17) is 0 Å². The van der Waals surface area contributed by atoms with Crippen LogP contribution in [0.5, 0.6) is 0 Å². The molecule has 2 unspecified atom stereocenters. The first-order chi connectivity index (χ1) is 15.5. The Hall–Kier alpha value is -2.16. The summed E-state index contributed by atoms with van der Waals surface area (Å²) in [4.78, 5) is 0. The molecule has 0 saturated heterocycles. The molecule has 2 heteroatoms. The van der Waals surface area contributed by atoms with Crippen LogP contribution in [0.3, 0.4) is 0 Å². The van der Waals surface area contributed by atoms with E-state index in [-0.39, 0.29) is 0 Å². The molecule has 0 fully saturated rings. The second-order valence-corrected chi connectivity index (χ2v) is 10.9. The van der Waals surface area contributed by atoms with E-state index in [2.05, 4.69) is 119 Å². The fourth-order valence-corrected chi connectivity index (χ4v) is 7.21. The summed E-state index contributed by atoms with van der Waals surface area (Å²) in [6.45, 7) is 4.61. The van der Waals surface area contributed by atoms with Crippen LogP contribution in [-0.2, 0) is 0 Å². The summed E-state index contributed by atoms with van der Waals surface area (Å²) in [5.74, 6) is 0.985. The van der Waals surface area contributed by atoms with Gasteiger partial charge >= 0.3 is 0 Å². The molecule has 0 bridgehead atoms. The molecule has 4 aromatic rings. The summed E-state index contributed by atoms with van der Waals surface area (Å²) in [5.41, 5.74) is 8.67. The normalized spacial score (nSPS) is 19.2. The molecule has 0 nitrogen and oxygen atoms in total. The van der Waals surface area contributed by atoms with Gasteiger partial charge in [-0.1, -0.05) is 71.8 Å². The zero-order valence-corrected chi connectivity index (χ0v) is 21.4. The van der Waals surface area contributed by atoms with Crippen LogP contribution in [0.25, 0.3) is 33.7 Å². The highest BCUT2D eigenvalue weighted by Gasteiger charge is 2.30. The van der Waals surface area contributed by atoms with Crippen LogP contribution in [0.15, 0.2) is 80.8 Å². The van der Waals surface area contributed by atoms with Crippen molar-refractivity contribution in [2.24, 2.45) is 0 Å². The average molecular weight is 544 g/mol. The van der Waals surface area contributed by atoms with Gasteiger partial charge in [0.15, 0.2) is 0 Å². The maximum absolute atomic E-state index is 3.91. The number of benzene rings is 4. The molecule has 0 saturated carbocycles. The van der Waals surface area contributed by atoms with Crippen molar-refractivity contribution >= 4 is 65.6 Å². The van der Waals surface area contributed by atoms with Crippen LogP contribution in [0.1, 0.15) is 60.8 Å². The van der Waals surface area contributed by atoms with Crippen molar-refractivity contribution in [2.45, 2.75) is 38.5 Å². The number of halogens is 2. The van der Waals surface area contributed by atoms with Crippen LogP contribution in [-0.4, -0.2) is 0 Å². The summed E-state index contributed by atoms with van der Waals surface area (Å²) >= 11 is 7.82. The summed E-state index contributed by atoms with van der Waals surface area (Å²) in [6.07, 6.45) is 7.12. The molecular weight excluding hydrogens is 520 g/mol. The topological polar surface area (TPSA) is 0 Å². The Morgan fingerprint density at radius 3 is 1.47 bits per heavy atom. The molecule has 0 aliphatic heterocycles. The van der Waals surface area contributed by atoms with Crippen molar-refractivity contribution < 1.29 is 0 Å². The molecule has 0 radical (unpaired) electrons. The van der Waals surface area contributed by atoms with Gasteiger partial charge in [0.05, 0.1) is 0 Å². The zero-order valence-electron chi connectivity index (χ0n) is 18.3. The lowest BCUT2D eigenvalue weighted by Gasteiger charge is -2.21. The fourth-order valence-electron chi connectivity index (χ4n) is 5.80. The van der Waals surface area contributed by atoms with Gasteiger partial charge in [0, 0.05) is 20.8 Å². The Morgan fingerprint density at radius 1 is 0.625 bits per heavy atom. The SMILES string of the molecule is CC1=Cc2c(cc3ccccc3c2Br)C1CCC1C(C)=Cc2c1cc1ccccc1c2Br. The van der Waals surface area contributed by atoms with Gasteiger partial charge in [-0.05, 0) is 114 Å². The molecule has 2 atom stereocenters. The molecule has 0 heterocycles. The number of fused-ring (bicyclic) bond motifs is 4. The molecule has 0 spiro atoms. The minimum atomic E-state index is 0.492. The van der Waals surface area contributed by atoms with Crippen LogP contribution in [0.2, 0.25) is 0 Å². The van der Waals surface area contributed by atoms with Gasteiger partial charge in [0.1, 0.15) is 0 Å². The minimum absolute atomic E-state index is 0.492. The summed E-state index contributed by atoms with van der Waals surface area (Å²) in [5, 5.41) is 5.25. The van der Waals surface area contributed by atoms with Gasteiger partial charge in [-0.25, -0.2) is 0 Å². The molecule has 6 rings (SSSR count). The zero-order chi connectivity index (χ0) is 22.0. The molecule has 0 N–H and O–H groups in total. The van der Waals surface area contributed by atoms with Gasteiger partial charge in [-0.3, -0.25) is 0 Å². The quantitative estimate of drug-likeness (QED) is 0.241. The Kier molecular flexibility index (Phi) is 4.93. The maximum Gasteiger partial charge on any atom is 0.0329 e. The molecule has 0 aromatic heterocycles. The maximum atomic E-state index is 3.91. The van der Waals surface area contributed by atoms with E-state index in [9.17, 15) is 0 Å². The number of rotatable bonds is 3. The lowest BCUT2D eigenvalue weighted by Crippen LogP contribution is -2.04. The van der Waals surface area contributed by atoms with Crippen molar-refractivity contribution in [3.8, 4) is 0 Å². The first-order valence-electron chi connectivity index (χ1n) is 11.3. The van der Waals surface area contributed by atoms with E-state index < -0.39 is 0 Å². The van der Waals surface area contributed by atoms with Crippen molar-refractivity contribution in [3.05, 3.63) is 103 Å². The summed E-state index contributed by atoms with van der Waals surface area (Å²) in [6, 6.07) is 22.2. The summed E-state index contributed by atoms with van der Waals surface area (Å²) < 4.78 is 2.48. The minimum Gasteiger partial charge on any atom is -0.0652 e. The van der Waals surface area contributed by atoms with Crippen LogP contribution in [0.4, 0.5) is 0 Å². The molecule has 32 heavy (non-hydrogen) atoms. The van der Waals surface area contributed by atoms with Crippen LogP contribution in [0, 0.1) is 0 Å². The Labute approximate surface area is 206 Å². The fraction of sp³-hybridized carbons (Fsp3) is 0.200. The second-order valence-electron chi connectivity index (χ2n) is 9.29. The van der Waals surface area contributed by atoms with Crippen LogP contribution < -0.4 is 0 Å². The van der Waals surface area contributed by atoms with Crippen LogP contribution >= 0.6 is 31.9 Å². The second kappa shape index (κ2) is 7.71. The van der Waals surface area contributed by atoms with Gasteiger partial charge in [-0.15, -0.1) is 0 Å². The van der Waals surface area contributed by atoms with Gasteiger partial charge in [0.2, 0.25) is 0 Å². The monoisotopic (exact) mass is 542 g/mol. The Bertz CT molecular complexity index is 1360. The van der Waals surface area contributed by atoms with Gasteiger partial charge < -0.3 is 0 Å². The molecule has 0 amide bonds.